The largest absolute Gasteiger partial charge is 0.472 e. The molecule has 0 aromatic heterocycles. The molecule has 0 spiro atoms. The van der Waals surface area contributed by atoms with Gasteiger partial charge in [-0.25, -0.2) is 5.43 Å². The van der Waals surface area contributed by atoms with Gasteiger partial charge < -0.3 is 9.75 Å². The zero-order chi connectivity index (χ0) is 33.5. The van der Waals surface area contributed by atoms with E-state index in [1.165, 1.54) is 95.6 Å². The number of rotatable bonds is 10. The van der Waals surface area contributed by atoms with Crippen molar-refractivity contribution in [1.29, 1.82) is 0 Å². The van der Waals surface area contributed by atoms with Crippen molar-refractivity contribution in [1.82, 2.24) is 5.43 Å². The smallest absolute Gasteiger partial charge is 0.178 e. The van der Waals surface area contributed by atoms with E-state index in [0.29, 0.717) is 0 Å². The van der Waals surface area contributed by atoms with Crippen molar-refractivity contribution in [2.75, 3.05) is 18.1 Å². The van der Waals surface area contributed by atoms with Crippen molar-refractivity contribution < 1.29 is 4.74 Å². The summed E-state index contributed by atoms with van der Waals surface area (Å²) in [6.07, 6.45) is 17.9. The second-order valence-corrected chi connectivity index (χ2v) is 13.9. The zero-order valence-electron chi connectivity index (χ0n) is 29.5. The summed E-state index contributed by atoms with van der Waals surface area (Å²) in [5, 5.41) is 4.81. The van der Waals surface area contributed by atoms with Crippen molar-refractivity contribution in [3.63, 3.8) is 0 Å². The molecule has 1 unspecified atom stereocenters. The average molecular weight is 649 g/mol. The highest BCUT2D eigenvalue weighted by molar-refractivity contribution is 6.05. The molecular weight excluding hydrogens is 597 g/mol. The second-order valence-electron chi connectivity index (χ2n) is 13.9. The Morgan fingerprint density at radius 1 is 0.673 bits per heavy atom. The van der Waals surface area contributed by atoms with E-state index in [1.807, 2.05) is 0 Å². The maximum Gasteiger partial charge on any atom is 0.178 e. The lowest BCUT2D eigenvalue weighted by molar-refractivity contribution is 0.163. The fraction of sp³-hybridized carbons (Fsp3) is 0.348. The van der Waals surface area contributed by atoms with E-state index in [4.69, 9.17) is 4.74 Å². The van der Waals surface area contributed by atoms with Gasteiger partial charge in [-0.15, -0.1) is 0 Å². The molecule has 1 aliphatic heterocycles. The van der Waals surface area contributed by atoms with Crippen molar-refractivity contribution >= 4 is 22.5 Å². The number of nitrogens with one attached hydrogen (secondary N) is 1. The standard InChI is InChI=1S/C46H52N2O/c1-3-5-33-47-48(34-6-4-2)38-29-27-37(28-30-38)46(36-21-12-10-13-22-36)32-31-43-41-24-14-9-7-8-11-19-35-20-15-16-23-39(35)44(41)40-25-17-18-26-42(40)45(43)49-46/h10,12-13,15-18,20-23,25-32,47H,3-9,11,14,19,24,33-34H2,1-2H3. The van der Waals surface area contributed by atoms with E-state index in [2.05, 4.69) is 140 Å². The molecular formula is C46H52N2O. The molecule has 0 bridgehead atoms. The van der Waals surface area contributed by atoms with E-state index in [-0.39, 0.29) is 0 Å². The Morgan fingerprint density at radius 3 is 2.14 bits per heavy atom. The normalized spacial score (nSPS) is 17.3. The fourth-order valence-corrected chi connectivity index (χ4v) is 7.92. The Labute approximate surface area is 294 Å². The monoisotopic (exact) mass is 648 g/mol. The van der Waals surface area contributed by atoms with Crippen LogP contribution in [0.5, 0.6) is 5.75 Å². The van der Waals surface area contributed by atoms with Crippen LogP contribution < -0.4 is 15.2 Å². The molecule has 0 fully saturated rings. The van der Waals surface area contributed by atoms with E-state index in [1.54, 1.807) is 0 Å². The first-order valence-electron chi connectivity index (χ1n) is 18.9. The number of ether oxygens (including phenoxy) is 1. The van der Waals surface area contributed by atoms with Gasteiger partial charge in [0.2, 0.25) is 0 Å². The maximum absolute atomic E-state index is 7.54. The number of fused-ring (bicyclic) bond motifs is 8. The molecule has 5 aromatic rings. The third-order valence-electron chi connectivity index (χ3n) is 10.6. The van der Waals surface area contributed by atoms with Crippen LogP contribution in [0.3, 0.4) is 0 Å². The summed E-state index contributed by atoms with van der Waals surface area (Å²) in [6.45, 7) is 6.49. The van der Waals surface area contributed by atoms with Gasteiger partial charge in [0.1, 0.15) is 5.75 Å². The number of aryl methyl sites for hydroxylation is 1. The lowest BCUT2D eigenvalue weighted by Crippen LogP contribution is -2.39. The van der Waals surface area contributed by atoms with Gasteiger partial charge in [-0.1, -0.05) is 143 Å². The minimum Gasteiger partial charge on any atom is -0.472 e. The molecule has 0 saturated heterocycles. The molecule has 5 aromatic carbocycles. The van der Waals surface area contributed by atoms with Gasteiger partial charge in [0, 0.05) is 35.2 Å². The van der Waals surface area contributed by atoms with Crippen LogP contribution in [0.1, 0.15) is 99.5 Å². The fourth-order valence-electron chi connectivity index (χ4n) is 7.92. The molecule has 1 heterocycles. The van der Waals surface area contributed by atoms with Gasteiger partial charge >= 0.3 is 0 Å². The number of unbranched alkanes of at least 4 members (excludes halogenated alkanes) is 2. The van der Waals surface area contributed by atoms with E-state index < -0.39 is 5.60 Å². The van der Waals surface area contributed by atoms with E-state index in [9.17, 15) is 0 Å². The summed E-state index contributed by atoms with van der Waals surface area (Å²) in [7, 11) is 0. The van der Waals surface area contributed by atoms with E-state index in [0.717, 1.165) is 49.2 Å². The number of hydrazine groups is 1. The van der Waals surface area contributed by atoms with Gasteiger partial charge in [0.05, 0.1) is 5.69 Å². The molecule has 252 valence electrons. The lowest BCUT2D eigenvalue weighted by atomic mass is 9.80. The van der Waals surface area contributed by atoms with Crippen LogP contribution in [0.4, 0.5) is 5.69 Å². The maximum atomic E-state index is 7.54. The molecule has 7 rings (SSSR count). The summed E-state index contributed by atoms with van der Waals surface area (Å²) in [6, 6.07) is 38.0. The summed E-state index contributed by atoms with van der Waals surface area (Å²) in [4.78, 5) is 0. The van der Waals surface area contributed by atoms with Crippen LogP contribution in [0, 0.1) is 0 Å². The first-order valence-corrected chi connectivity index (χ1v) is 18.9. The summed E-state index contributed by atoms with van der Waals surface area (Å²) < 4.78 is 7.54. The molecule has 1 atom stereocenters. The molecule has 2 aliphatic rings. The van der Waals surface area contributed by atoms with Crippen molar-refractivity contribution in [3.8, 4) is 16.9 Å². The summed E-state index contributed by atoms with van der Waals surface area (Å²) in [5.41, 5.74) is 13.4. The van der Waals surface area contributed by atoms with Crippen molar-refractivity contribution in [3.05, 3.63) is 137 Å². The number of anilines is 1. The average Bonchev–Trinajstić information content (AvgIpc) is 3.20. The highest BCUT2D eigenvalue weighted by atomic mass is 16.5. The predicted molar refractivity (Wildman–Crippen MR) is 208 cm³/mol. The van der Waals surface area contributed by atoms with Crippen molar-refractivity contribution in [2.24, 2.45) is 0 Å². The Kier molecular flexibility index (Phi) is 10.5. The number of hydrogen-bond acceptors (Lipinski definition) is 3. The molecule has 0 amide bonds. The third kappa shape index (κ3) is 6.79. The lowest BCUT2D eigenvalue weighted by Gasteiger charge is -2.38. The molecule has 3 nitrogen and oxygen atoms in total. The number of hydrogen-bond donors (Lipinski definition) is 1. The SMILES string of the molecule is CCCCNN(CCCC)c1ccc(C2(c3ccccc3)C=Cc3c4c(c5ccccc5c3O2)-c2ccccc2CCCCCCC4)cc1. The first kappa shape index (κ1) is 33.2. The van der Waals surface area contributed by atoms with E-state index >= 15 is 0 Å². The number of benzene rings is 5. The van der Waals surface area contributed by atoms with Gasteiger partial charge in [-0.3, -0.25) is 0 Å². The first-order chi connectivity index (χ1) is 24.2. The zero-order valence-corrected chi connectivity index (χ0v) is 29.5. The van der Waals surface area contributed by atoms with Gasteiger partial charge in [0.25, 0.3) is 0 Å². The minimum absolute atomic E-state index is 0.751. The minimum atomic E-state index is -0.751. The van der Waals surface area contributed by atoms with Gasteiger partial charge in [0.15, 0.2) is 5.60 Å². The Balaban J connectivity index is 1.38. The van der Waals surface area contributed by atoms with Crippen LogP contribution in [-0.4, -0.2) is 13.1 Å². The topological polar surface area (TPSA) is 24.5 Å². The Morgan fingerprint density at radius 2 is 1.35 bits per heavy atom. The van der Waals surface area contributed by atoms with Crippen LogP contribution in [-0.2, 0) is 18.4 Å². The van der Waals surface area contributed by atoms with Gasteiger partial charge in [-0.05, 0) is 84.4 Å². The quantitative estimate of drug-likeness (QED) is 0.120. The molecule has 1 aliphatic carbocycles. The second kappa shape index (κ2) is 15.5. The molecule has 49 heavy (non-hydrogen) atoms. The third-order valence-corrected chi connectivity index (χ3v) is 10.6. The number of nitrogens with zero attached hydrogens (tertiary/aromatic N) is 1. The Hall–Kier alpha value is -4.34. The highest BCUT2D eigenvalue weighted by Gasteiger charge is 2.39. The van der Waals surface area contributed by atoms with Crippen LogP contribution in [0.15, 0.2) is 109 Å². The van der Waals surface area contributed by atoms with Gasteiger partial charge in [-0.2, -0.15) is 0 Å². The summed E-state index contributed by atoms with van der Waals surface area (Å²) >= 11 is 0. The van der Waals surface area contributed by atoms with Crippen LogP contribution >= 0.6 is 0 Å². The molecule has 0 radical (unpaired) electrons. The Bertz CT molecular complexity index is 1880. The molecule has 1 N–H and O–H groups in total. The van der Waals surface area contributed by atoms with Crippen LogP contribution in [0.25, 0.3) is 28.0 Å². The van der Waals surface area contributed by atoms with Crippen LogP contribution in [0.2, 0.25) is 0 Å². The molecule has 3 heteroatoms. The molecule has 0 saturated carbocycles. The predicted octanol–water partition coefficient (Wildman–Crippen LogP) is 11.8. The van der Waals surface area contributed by atoms with Crippen molar-refractivity contribution in [2.45, 2.75) is 90.1 Å². The summed E-state index contributed by atoms with van der Waals surface area (Å²) in [5.74, 6) is 1.00. The highest BCUT2D eigenvalue weighted by Crippen LogP contribution is 2.50.